The lowest BCUT2D eigenvalue weighted by atomic mass is 10.2. The second-order valence-electron chi connectivity index (χ2n) is 7.62. The lowest BCUT2D eigenvalue weighted by Gasteiger charge is -2.38. The molecule has 2 N–H and O–H groups in total. The summed E-state index contributed by atoms with van der Waals surface area (Å²) in [6, 6.07) is 5.18. The normalized spacial score (nSPS) is 23.8. The third-order valence-electron chi connectivity index (χ3n) is 5.69. The first-order chi connectivity index (χ1) is 13.2. The van der Waals surface area contributed by atoms with Gasteiger partial charge in [-0.1, -0.05) is 0 Å². The molecule has 2 saturated heterocycles. The fourth-order valence-electron chi connectivity index (χ4n) is 4.11. The molecule has 28 heavy (non-hydrogen) atoms. The number of ether oxygens (including phenoxy) is 1. The highest BCUT2D eigenvalue weighted by Crippen LogP contribution is 2.24. The third-order valence-corrected chi connectivity index (χ3v) is 5.69. The van der Waals surface area contributed by atoms with Crippen molar-refractivity contribution >= 4 is 29.9 Å². The minimum atomic E-state index is 0. The first-order valence-corrected chi connectivity index (χ1v) is 10.2. The molecule has 1 aromatic heterocycles. The van der Waals surface area contributed by atoms with Gasteiger partial charge in [-0.3, -0.25) is 14.8 Å². The topological polar surface area (TPSA) is 65.3 Å². The van der Waals surface area contributed by atoms with Crippen LogP contribution in [0.15, 0.2) is 27.8 Å². The Balaban J connectivity index is 0.00000280. The summed E-state index contributed by atoms with van der Waals surface area (Å²) in [6.45, 7) is 11.0. The number of nitrogens with one attached hydrogen (secondary N) is 2. The van der Waals surface area contributed by atoms with E-state index in [1.165, 1.54) is 12.8 Å². The Kier molecular flexibility index (Phi) is 10.0. The van der Waals surface area contributed by atoms with Crippen molar-refractivity contribution in [3.63, 3.8) is 0 Å². The molecule has 160 valence electrons. The van der Waals surface area contributed by atoms with E-state index < -0.39 is 0 Å². The Morgan fingerprint density at radius 3 is 2.64 bits per heavy atom. The Labute approximate surface area is 186 Å². The molecule has 0 saturated carbocycles. The number of aliphatic imine (C=N–C) groups is 1. The summed E-state index contributed by atoms with van der Waals surface area (Å²) in [4.78, 5) is 9.40. The van der Waals surface area contributed by atoms with Gasteiger partial charge in [0.1, 0.15) is 5.76 Å². The van der Waals surface area contributed by atoms with Crippen molar-refractivity contribution in [3.8, 4) is 0 Å². The van der Waals surface area contributed by atoms with Crippen LogP contribution in [0, 0.1) is 0 Å². The Bertz CT molecular complexity index is 577. The van der Waals surface area contributed by atoms with Crippen molar-refractivity contribution in [1.29, 1.82) is 0 Å². The maximum Gasteiger partial charge on any atom is 0.191 e. The van der Waals surface area contributed by atoms with Gasteiger partial charge in [0.05, 0.1) is 25.5 Å². The standard InChI is InChI=1S/C20H35N5O2.HI/c1-16(25-10-12-26-15-17(25)2)13-22-20(21-3)23-14-18(19-7-6-11-27-19)24-8-4-5-9-24;/h6-7,11,16-18H,4-5,8-10,12-15H2,1-3H3,(H2,21,22,23);1H. The average molecular weight is 505 g/mol. The molecule has 2 fully saturated rings. The van der Waals surface area contributed by atoms with E-state index in [0.717, 1.165) is 57.7 Å². The summed E-state index contributed by atoms with van der Waals surface area (Å²) in [5, 5.41) is 6.98. The number of hydrogen-bond donors (Lipinski definition) is 2. The van der Waals surface area contributed by atoms with Crippen molar-refractivity contribution in [3.05, 3.63) is 24.2 Å². The SMILES string of the molecule is CN=C(NCC(c1ccco1)N1CCCC1)NCC(C)N1CCOCC1C.I. The van der Waals surface area contributed by atoms with Gasteiger partial charge in [-0.05, 0) is 51.9 Å². The van der Waals surface area contributed by atoms with Gasteiger partial charge in [0.15, 0.2) is 5.96 Å². The minimum Gasteiger partial charge on any atom is -0.468 e. The van der Waals surface area contributed by atoms with Crippen molar-refractivity contribution in [2.45, 2.75) is 44.8 Å². The molecule has 1 aromatic rings. The molecule has 2 aliphatic rings. The highest BCUT2D eigenvalue weighted by molar-refractivity contribution is 14.0. The van der Waals surface area contributed by atoms with Gasteiger partial charge in [0, 0.05) is 38.8 Å². The Morgan fingerprint density at radius 2 is 2.00 bits per heavy atom. The van der Waals surface area contributed by atoms with Crippen LogP contribution in [0.2, 0.25) is 0 Å². The fraction of sp³-hybridized carbons (Fsp3) is 0.750. The van der Waals surface area contributed by atoms with Crippen LogP contribution in [-0.4, -0.2) is 80.8 Å². The summed E-state index contributed by atoms with van der Waals surface area (Å²) in [5.74, 6) is 1.87. The molecule has 3 heterocycles. The largest absolute Gasteiger partial charge is 0.468 e. The predicted octanol–water partition coefficient (Wildman–Crippen LogP) is 2.31. The molecule has 0 aliphatic carbocycles. The summed E-state index contributed by atoms with van der Waals surface area (Å²) >= 11 is 0. The van der Waals surface area contributed by atoms with Crippen LogP contribution in [0.25, 0.3) is 0 Å². The highest BCUT2D eigenvalue weighted by Gasteiger charge is 2.26. The number of furan rings is 1. The molecule has 0 amide bonds. The number of halogens is 1. The zero-order valence-electron chi connectivity index (χ0n) is 17.4. The van der Waals surface area contributed by atoms with Crippen molar-refractivity contribution in [2.75, 3.05) is 53.0 Å². The van der Waals surface area contributed by atoms with Gasteiger partial charge >= 0.3 is 0 Å². The number of rotatable bonds is 7. The van der Waals surface area contributed by atoms with Crippen molar-refractivity contribution < 1.29 is 9.15 Å². The Morgan fingerprint density at radius 1 is 1.25 bits per heavy atom. The maximum absolute atomic E-state index is 5.70. The number of hydrogen-bond acceptors (Lipinski definition) is 5. The molecule has 0 aromatic carbocycles. The van der Waals surface area contributed by atoms with Crippen LogP contribution in [0.1, 0.15) is 38.5 Å². The predicted molar refractivity (Wildman–Crippen MR) is 123 cm³/mol. The van der Waals surface area contributed by atoms with Crippen LogP contribution in [0.4, 0.5) is 0 Å². The quantitative estimate of drug-likeness (QED) is 0.337. The molecule has 3 rings (SSSR count). The van der Waals surface area contributed by atoms with Crippen molar-refractivity contribution in [1.82, 2.24) is 20.4 Å². The smallest absolute Gasteiger partial charge is 0.191 e. The van der Waals surface area contributed by atoms with E-state index in [4.69, 9.17) is 9.15 Å². The summed E-state index contributed by atoms with van der Waals surface area (Å²) in [6.07, 6.45) is 4.29. The molecule has 7 nitrogen and oxygen atoms in total. The summed E-state index contributed by atoms with van der Waals surface area (Å²) in [5.41, 5.74) is 0. The Hall–Kier alpha value is -0.840. The second-order valence-corrected chi connectivity index (χ2v) is 7.62. The third kappa shape index (κ3) is 6.33. The van der Waals surface area contributed by atoms with Gasteiger partial charge in [-0.15, -0.1) is 24.0 Å². The van der Waals surface area contributed by atoms with E-state index in [0.29, 0.717) is 12.1 Å². The second kappa shape index (κ2) is 12.0. The summed E-state index contributed by atoms with van der Waals surface area (Å²) < 4.78 is 11.2. The van der Waals surface area contributed by atoms with Crippen LogP contribution in [0.5, 0.6) is 0 Å². The molecule has 3 unspecified atom stereocenters. The van der Waals surface area contributed by atoms with E-state index in [9.17, 15) is 0 Å². The lowest BCUT2D eigenvalue weighted by molar-refractivity contribution is -0.0174. The van der Waals surface area contributed by atoms with Gasteiger partial charge in [0.25, 0.3) is 0 Å². The average Bonchev–Trinajstić information content (AvgIpc) is 3.39. The van der Waals surface area contributed by atoms with E-state index in [1.807, 2.05) is 13.1 Å². The van der Waals surface area contributed by atoms with Gasteiger partial charge in [0.2, 0.25) is 0 Å². The van der Waals surface area contributed by atoms with Crippen molar-refractivity contribution in [2.24, 2.45) is 4.99 Å². The molecule has 2 aliphatic heterocycles. The zero-order chi connectivity index (χ0) is 19.1. The van der Waals surface area contributed by atoms with E-state index in [-0.39, 0.29) is 30.0 Å². The lowest BCUT2D eigenvalue weighted by Crippen LogP contribution is -2.53. The van der Waals surface area contributed by atoms with E-state index in [1.54, 1.807) is 6.26 Å². The van der Waals surface area contributed by atoms with Crippen LogP contribution in [-0.2, 0) is 4.74 Å². The van der Waals surface area contributed by atoms with Gasteiger partial charge in [-0.2, -0.15) is 0 Å². The monoisotopic (exact) mass is 505 g/mol. The number of guanidine groups is 1. The summed E-state index contributed by atoms with van der Waals surface area (Å²) in [7, 11) is 1.83. The highest BCUT2D eigenvalue weighted by atomic mass is 127. The first kappa shape index (κ1) is 23.4. The molecule has 0 spiro atoms. The van der Waals surface area contributed by atoms with Crippen LogP contribution < -0.4 is 10.6 Å². The molecular weight excluding hydrogens is 469 g/mol. The van der Waals surface area contributed by atoms with Crippen LogP contribution >= 0.6 is 24.0 Å². The fourth-order valence-corrected chi connectivity index (χ4v) is 4.11. The van der Waals surface area contributed by atoms with E-state index >= 15 is 0 Å². The molecular formula is C20H36IN5O2. The molecule has 3 atom stereocenters. The molecule has 8 heteroatoms. The molecule has 0 radical (unpaired) electrons. The zero-order valence-corrected chi connectivity index (χ0v) is 19.7. The number of nitrogens with zero attached hydrogens (tertiary/aromatic N) is 3. The number of morpholine rings is 1. The maximum atomic E-state index is 5.70. The van der Waals surface area contributed by atoms with Gasteiger partial charge in [-0.25, -0.2) is 0 Å². The minimum absolute atomic E-state index is 0. The first-order valence-electron chi connectivity index (χ1n) is 10.2. The van der Waals surface area contributed by atoms with Crippen LogP contribution in [0.3, 0.4) is 0 Å². The van der Waals surface area contributed by atoms with Gasteiger partial charge < -0.3 is 19.8 Å². The van der Waals surface area contributed by atoms with E-state index in [2.05, 4.69) is 45.3 Å². The molecule has 0 bridgehead atoms. The number of likely N-dealkylation sites (tertiary alicyclic amines) is 1.